The van der Waals surface area contributed by atoms with E-state index in [1.807, 2.05) is 26.1 Å². The van der Waals surface area contributed by atoms with Gasteiger partial charge in [0.05, 0.1) is 11.4 Å². The van der Waals surface area contributed by atoms with Crippen LogP contribution in [0, 0.1) is 6.92 Å². The molecule has 0 spiro atoms. The lowest BCUT2D eigenvalue weighted by Crippen LogP contribution is -2.02. The molecule has 18 heavy (non-hydrogen) atoms. The Kier molecular flexibility index (Phi) is 3.61. The molecule has 0 aliphatic carbocycles. The van der Waals surface area contributed by atoms with Crippen LogP contribution in [0.1, 0.15) is 18.2 Å². The minimum Gasteiger partial charge on any atom is -0.394 e. The number of hydrogen-bond donors (Lipinski definition) is 2. The van der Waals surface area contributed by atoms with Crippen LogP contribution in [0.5, 0.6) is 0 Å². The van der Waals surface area contributed by atoms with Crippen molar-refractivity contribution in [1.29, 1.82) is 0 Å². The minimum absolute atomic E-state index is 0.722. The monoisotopic (exact) mass is 308 g/mol. The summed E-state index contributed by atoms with van der Waals surface area (Å²) >= 11 is 3.47. The number of anilines is 3. The molecule has 1 aromatic heterocycles. The molecule has 0 atom stereocenters. The Morgan fingerprint density at radius 3 is 2.78 bits per heavy atom. The zero-order chi connectivity index (χ0) is 13.3. The van der Waals surface area contributed by atoms with Gasteiger partial charge in [0.1, 0.15) is 0 Å². The van der Waals surface area contributed by atoms with Gasteiger partial charge in [-0.2, -0.15) is 5.10 Å². The third-order valence-corrected chi connectivity index (χ3v) is 3.44. The summed E-state index contributed by atoms with van der Waals surface area (Å²) in [4.78, 5) is 0. The molecule has 3 N–H and O–H groups in total. The first-order valence-electron chi connectivity index (χ1n) is 5.87. The van der Waals surface area contributed by atoms with Crippen molar-refractivity contribution in [1.82, 2.24) is 9.78 Å². The van der Waals surface area contributed by atoms with Crippen LogP contribution in [-0.2, 0) is 13.5 Å². The molecule has 0 fully saturated rings. The number of nitrogens with two attached hydrogens (primary N) is 1. The van der Waals surface area contributed by atoms with Gasteiger partial charge in [0.15, 0.2) is 5.82 Å². The van der Waals surface area contributed by atoms with Crippen molar-refractivity contribution in [2.75, 3.05) is 11.1 Å². The molecule has 0 aliphatic heterocycles. The summed E-state index contributed by atoms with van der Waals surface area (Å²) in [5.41, 5.74) is 9.93. The molecule has 0 unspecified atom stereocenters. The Bertz CT molecular complexity index is 575. The Morgan fingerprint density at radius 1 is 1.44 bits per heavy atom. The summed E-state index contributed by atoms with van der Waals surface area (Å²) in [7, 11) is 1.89. The van der Waals surface area contributed by atoms with Crippen molar-refractivity contribution in [3.05, 3.63) is 33.9 Å². The average molecular weight is 309 g/mol. The fourth-order valence-corrected chi connectivity index (χ4v) is 2.22. The van der Waals surface area contributed by atoms with Gasteiger partial charge < -0.3 is 11.1 Å². The zero-order valence-corrected chi connectivity index (χ0v) is 12.4. The predicted molar refractivity (Wildman–Crippen MR) is 79.2 cm³/mol. The highest BCUT2D eigenvalue weighted by Crippen LogP contribution is 2.29. The van der Waals surface area contributed by atoms with Crippen molar-refractivity contribution in [2.24, 2.45) is 7.05 Å². The van der Waals surface area contributed by atoms with Crippen LogP contribution in [0.4, 0.5) is 17.2 Å². The Labute approximate surface area is 115 Å². The third kappa shape index (κ3) is 2.36. The largest absolute Gasteiger partial charge is 0.394 e. The molecule has 5 heteroatoms. The summed E-state index contributed by atoms with van der Waals surface area (Å²) in [6, 6.07) is 6.11. The zero-order valence-electron chi connectivity index (χ0n) is 10.8. The van der Waals surface area contributed by atoms with Gasteiger partial charge in [-0.1, -0.05) is 28.9 Å². The van der Waals surface area contributed by atoms with E-state index in [9.17, 15) is 0 Å². The number of halogens is 1. The summed E-state index contributed by atoms with van der Waals surface area (Å²) in [5, 5.41) is 7.74. The van der Waals surface area contributed by atoms with Crippen LogP contribution in [-0.4, -0.2) is 9.78 Å². The van der Waals surface area contributed by atoms with Crippen LogP contribution in [0.2, 0.25) is 0 Å². The maximum Gasteiger partial charge on any atom is 0.152 e. The number of rotatable bonds is 3. The molecule has 0 aliphatic rings. The third-order valence-electron chi connectivity index (χ3n) is 2.95. The van der Waals surface area contributed by atoms with Crippen molar-refractivity contribution >= 4 is 33.1 Å². The van der Waals surface area contributed by atoms with E-state index in [1.165, 1.54) is 0 Å². The second-order valence-electron chi connectivity index (χ2n) is 4.27. The molecule has 2 aromatic rings. The van der Waals surface area contributed by atoms with Gasteiger partial charge in [0, 0.05) is 17.2 Å². The molecular weight excluding hydrogens is 292 g/mol. The molecule has 1 heterocycles. The van der Waals surface area contributed by atoms with E-state index in [0.29, 0.717) is 0 Å². The number of nitrogens with zero attached hydrogens (tertiary/aromatic N) is 2. The van der Waals surface area contributed by atoms with Gasteiger partial charge in [-0.05, 0) is 31.0 Å². The van der Waals surface area contributed by atoms with E-state index in [4.69, 9.17) is 5.73 Å². The van der Waals surface area contributed by atoms with Gasteiger partial charge in [-0.15, -0.1) is 0 Å². The van der Waals surface area contributed by atoms with Crippen molar-refractivity contribution < 1.29 is 0 Å². The summed E-state index contributed by atoms with van der Waals surface area (Å²) in [6.45, 7) is 4.11. The van der Waals surface area contributed by atoms with E-state index in [1.54, 1.807) is 4.68 Å². The van der Waals surface area contributed by atoms with Crippen molar-refractivity contribution in [2.45, 2.75) is 20.3 Å². The first kappa shape index (κ1) is 13.0. The quantitative estimate of drug-likeness (QED) is 0.914. The van der Waals surface area contributed by atoms with Gasteiger partial charge in [0.2, 0.25) is 0 Å². The average Bonchev–Trinajstić information content (AvgIpc) is 2.61. The Morgan fingerprint density at radius 2 is 2.17 bits per heavy atom. The maximum atomic E-state index is 6.09. The van der Waals surface area contributed by atoms with Crippen LogP contribution in [0.3, 0.4) is 0 Å². The van der Waals surface area contributed by atoms with Gasteiger partial charge in [-0.3, -0.25) is 4.68 Å². The lowest BCUT2D eigenvalue weighted by molar-refractivity contribution is 0.753. The summed E-state index contributed by atoms with van der Waals surface area (Å²) in [6.07, 6.45) is 0.832. The maximum absolute atomic E-state index is 6.09. The lowest BCUT2D eigenvalue weighted by Gasteiger charge is -2.11. The molecule has 4 nitrogen and oxygen atoms in total. The Balaban J connectivity index is 2.39. The number of benzene rings is 1. The number of aryl methyl sites for hydroxylation is 3. The lowest BCUT2D eigenvalue weighted by atomic mass is 10.2. The highest BCUT2D eigenvalue weighted by Gasteiger charge is 2.12. The molecule has 1 aromatic carbocycles. The molecule has 0 saturated heterocycles. The van der Waals surface area contributed by atoms with Gasteiger partial charge in [0.25, 0.3) is 0 Å². The standard InChI is InChI=1S/C13H17BrN4/c1-4-10-12(15)13(18(3)17-10)16-11-7-9(14)6-5-8(11)2/h5-7,16H,4,15H2,1-3H3. The molecule has 0 amide bonds. The minimum atomic E-state index is 0.722. The smallest absolute Gasteiger partial charge is 0.152 e. The first-order valence-corrected chi connectivity index (χ1v) is 6.66. The van der Waals surface area contributed by atoms with Crippen molar-refractivity contribution in [3.63, 3.8) is 0 Å². The predicted octanol–water partition coefficient (Wildman–Crippen LogP) is 3.38. The van der Waals surface area contributed by atoms with E-state index < -0.39 is 0 Å². The highest BCUT2D eigenvalue weighted by molar-refractivity contribution is 9.10. The van der Waals surface area contributed by atoms with E-state index in [-0.39, 0.29) is 0 Å². The normalized spacial score (nSPS) is 10.7. The van der Waals surface area contributed by atoms with Crippen molar-refractivity contribution in [3.8, 4) is 0 Å². The van der Waals surface area contributed by atoms with E-state index in [2.05, 4.69) is 39.3 Å². The van der Waals surface area contributed by atoms with E-state index in [0.717, 1.165) is 39.3 Å². The topological polar surface area (TPSA) is 55.9 Å². The van der Waals surface area contributed by atoms with Crippen LogP contribution >= 0.6 is 15.9 Å². The van der Waals surface area contributed by atoms with Crippen LogP contribution < -0.4 is 11.1 Å². The summed E-state index contributed by atoms with van der Waals surface area (Å²) < 4.78 is 2.82. The van der Waals surface area contributed by atoms with Gasteiger partial charge >= 0.3 is 0 Å². The molecule has 96 valence electrons. The van der Waals surface area contributed by atoms with Gasteiger partial charge in [-0.25, -0.2) is 0 Å². The highest BCUT2D eigenvalue weighted by atomic mass is 79.9. The van der Waals surface area contributed by atoms with E-state index >= 15 is 0 Å². The fourth-order valence-electron chi connectivity index (χ4n) is 1.86. The number of nitrogen functional groups attached to an aromatic ring is 1. The Hall–Kier alpha value is -1.49. The number of nitrogens with one attached hydrogen (secondary N) is 1. The molecule has 0 bridgehead atoms. The molecule has 0 saturated carbocycles. The fraction of sp³-hybridized carbons (Fsp3) is 0.308. The second kappa shape index (κ2) is 5.02. The van der Waals surface area contributed by atoms with Crippen LogP contribution in [0.25, 0.3) is 0 Å². The molecular formula is C13H17BrN4. The molecule has 0 radical (unpaired) electrons. The second-order valence-corrected chi connectivity index (χ2v) is 5.19. The SMILES string of the molecule is CCc1nn(C)c(Nc2cc(Br)ccc2C)c1N. The molecule has 2 rings (SSSR count). The number of hydrogen-bond acceptors (Lipinski definition) is 3. The summed E-state index contributed by atoms with van der Waals surface area (Å²) in [5.74, 6) is 0.841. The van der Waals surface area contributed by atoms with Crippen LogP contribution in [0.15, 0.2) is 22.7 Å². The first-order chi connectivity index (χ1) is 8.52. The number of aromatic nitrogens is 2.